The van der Waals surface area contributed by atoms with Crippen LogP contribution in [0.4, 0.5) is 0 Å². The number of nitrogens with zero attached hydrogens (tertiary/aromatic N) is 1. The Balaban J connectivity index is 2.10. The SMILES string of the molecule is CCCC1(C(=O)N2CC(C)C(C(=O)O)C2)CCCNC1. The van der Waals surface area contributed by atoms with Crippen molar-refractivity contribution in [3.63, 3.8) is 0 Å². The molecule has 0 aliphatic carbocycles. The van der Waals surface area contributed by atoms with E-state index in [1.54, 1.807) is 4.90 Å². The molecule has 2 heterocycles. The van der Waals surface area contributed by atoms with E-state index in [1.165, 1.54) is 0 Å². The normalized spacial score (nSPS) is 34.2. The lowest BCUT2D eigenvalue weighted by Gasteiger charge is -2.39. The van der Waals surface area contributed by atoms with Gasteiger partial charge < -0.3 is 15.3 Å². The lowest BCUT2D eigenvalue weighted by Crippen LogP contribution is -2.51. The molecule has 0 aromatic heterocycles. The molecule has 3 unspecified atom stereocenters. The quantitative estimate of drug-likeness (QED) is 0.816. The molecular weight excluding hydrogens is 256 g/mol. The summed E-state index contributed by atoms with van der Waals surface area (Å²) in [6.45, 7) is 6.71. The van der Waals surface area contributed by atoms with Gasteiger partial charge in [-0.1, -0.05) is 20.3 Å². The van der Waals surface area contributed by atoms with Crippen LogP contribution < -0.4 is 5.32 Å². The Bertz CT molecular complexity index is 372. The largest absolute Gasteiger partial charge is 0.481 e. The number of hydrogen-bond donors (Lipinski definition) is 2. The molecule has 0 saturated carbocycles. The van der Waals surface area contributed by atoms with Crippen molar-refractivity contribution in [2.24, 2.45) is 17.3 Å². The second-order valence-electron chi connectivity index (χ2n) is 6.44. The first-order valence-electron chi connectivity index (χ1n) is 7.73. The van der Waals surface area contributed by atoms with E-state index in [9.17, 15) is 14.7 Å². The van der Waals surface area contributed by atoms with E-state index in [2.05, 4.69) is 12.2 Å². The van der Waals surface area contributed by atoms with Gasteiger partial charge in [0.05, 0.1) is 11.3 Å². The van der Waals surface area contributed by atoms with Crippen molar-refractivity contribution in [3.8, 4) is 0 Å². The van der Waals surface area contributed by atoms with E-state index in [4.69, 9.17) is 0 Å². The fraction of sp³-hybridized carbons (Fsp3) is 0.867. The Morgan fingerprint density at radius 3 is 2.65 bits per heavy atom. The van der Waals surface area contributed by atoms with Gasteiger partial charge in [-0.15, -0.1) is 0 Å². The Labute approximate surface area is 120 Å². The molecular formula is C15H26N2O3. The maximum atomic E-state index is 12.9. The first-order valence-corrected chi connectivity index (χ1v) is 7.73. The summed E-state index contributed by atoms with van der Waals surface area (Å²) in [5, 5.41) is 12.6. The van der Waals surface area contributed by atoms with Crippen molar-refractivity contribution in [2.45, 2.75) is 39.5 Å². The van der Waals surface area contributed by atoms with Gasteiger partial charge in [-0.05, 0) is 31.7 Å². The lowest BCUT2D eigenvalue weighted by atomic mass is 9.75. The van der Waals surface area contributed by atoms with E-state index in [-0.39, 0.29) is 17.2 Å². The van der Waals surface area contributed by atoms with Crippen LogP contribution in [-0.2, 0) is 9.59 Å². The molecule has 20 heavy (non-hydrogen) atoms. The van der Waals surface area contributed by atoms with Crippen LogP contribution in [0.3, 0.4) is 0 Å². The molecule has 5 nitrogen and oxygen atoms in total. The molecule has 3 atom stereocenters. The van der Waals surface area contributed by atoms with Crippen molar-refractivity contribution in [3.05, 3.63) is 0 Å². The van der Waals surface area contributed by atoms with E-state index in [1.807, 2.05) is 6.92 Å². The number of carboxylic acids is 1. The second-order valence-corrected chi connectivity index (χ2v) is 6.44. The van der Waals surface area contributed by atoms with Crippen LogP contribution in [0.25, 0.3) is 0 Å². The maximum absolute atomic E-state index is 12.9. The molecule has 2 rings (SSSR count). The number of aliphatic carboxylic acids is 1. The number of piperidine rings is 1. The Morgan fingerprint density at radius 1 is 1.40 bits per heavy atom. The molecule has 0 radical (unpaired) electrons. The number of carbonyl (C=O) groups excluding carboxylic acids is 1. The zero-order valence-electron chi connectivity index (χ0n) is 12.5. The number of likely N-dealkylation sites (tertiary alicyclic amines) is 1. The summed E-state index contributed by atoms with van der Waals surface area (Å²) in [5.41, 5.74) is -0.305. The fourth-order valence-electron chi connectivity index (χ4n) is 3.74. The minimum absolute atomic E-state index is 0.0478. The van der Waals surface area contributed by atoms with Crippen molar-refractivity contribution in [1.29, 1.82) is 0 Å². The highest BCUT2D eigenvalue weighted by Gasteiger charge is 2.45. The molecule has 2 aliphatic heterocycles. The Kier molecular flexibility index (Phi) is 4.68. The molecule has 2 aliphatic rings. The molecule has 0 aromatic rings. The highest BCUT2D eigenvalue weighted by atomic mass is 16.4. The second kappa shape index (κ2) is 6.12. The van der Waals surface area contributed by atoms with Crippen LogP contribution in [0.2, 0.25) is 0 Å². The molecule has 2 saturated heterocycles. The molecule has 114 valence electrons. The van der Waals surface area contributed by atoms with Gasteiger partial charge in [-0.25, -0.2) is 0 Å². The fourth-order valence-corrected chi connectivity index (χ4v) is 3.74. The van der Waals surface area contributed by atoms with Gasteiger partial charge in [-0.3, -0.25) is 9.59 Å². The summed E-state index contributed by atoms with van der Waals surface area (Å²) in [5.74, 6) is -0.970. The van der Waals surface area contributed by atoms with Gasteiger partial charge in [-0.2, -0.15) is 0 Å². The minimum atomic E-state index is -0.779. The topological polar surface area (TPSA) is 69.6 Å². The van der Waals surface area contributed by atoms with Crippen LogP contribution in [-0.4, -0.2) is 48.1 Å². The van der Waals surface area contributed by atoms with Crippen molar-refractivity contribution < 1.29 is 14.7 Å². The number of carbonyl (C=O) groups is 2. The molecule has 0 aromatic carbocycles. The summed E-state index contributed by atoms with van der Waals surface area (Å²) in [4.78, 5) is 25.9. The molecule has 0 bridgehead atoms. The number of rotatable bonds is 4. The monoisotopic (exact) mass is 282 g/mol. The summed E-state index contributed by atoms with van der Waals surface area (Å²) >= 11 is 0. The van der Waals surface area contributed by atoms with E-state index < -0.39 is 11.9 Å². The van der Waals surface area contributed by atoms with E-state index in [0.717, 1.165) is 38.8 Å². The molecule has 5 heteroatoms. The average molecular weight is 282 g/mol. The van der Waals surface area contributed by atoms with Crippen LogP contribution in [0.15, 0.2) is 0 Å². The van der Waals surface area contributed by atoms with Crippen molar-refractivity contribution in [1.82, 2.24) is 10.2 Å². The third-order valence-electron chi connectivity index (χ3n) is 4.87. The Morgan fingerprint density at radius 2 is 2.15 bits per heavy atom. The zero-order chi connectivity index (χ0) is 14.8. The van der Waals surface area contributed by atoms with Gasteiger partial charge in [0, 0.05) is 19.6 Å². The predicted octanol–water partition coefficient (Wildman–Crippen LogP) is 1.34. The molecule has 2 fully saturated rings. The van der Waals surface area contributed by atoms with Crippen LogP contribution in [0.5, 0.6) is 0 Å². The van der Waals surface area contributed by atoms with Gasteiger partial charge in [0.15, 0.2) is 0 Å². The number of amides is 1. The smallest absolute Gasteiger partial charge is 0.308 e. The van der Waals surface area contributed by atoms with Gasteiger partial charge in [0.1, 0.15) is 0 Å². The standard InChI is InChI=1S/C15H26N2O3/c1-3-5-15(6-4-7-16-10-15)14(20)17-8-11(2)12(9-17)13(18)19/h11-12,16H,3-10H2,1-2H3,(H,18,19). The van der Waals surface area contributed by atoms with Crippen LogP contribution in [0, 0.1) is 17.3 Å². The highest BCUT2D eigenvalue weighted by Crippen LogP contribution is 2.36. The summed E-state index contributed by atoms with van der Waals surface area (Å²) in [6.07, 6.45) is 3.83. The third-order valence-corrected chi connectivity index (χ3v) is 4.87. The first kappa shape index (κ1) is 15.3. The Hall–Kier alpha value is -1.10. The van der Waals surface area contributed by atoms with E-state index in [0.29, 0.717) is 13.1 Å². The molecule has 2 N–H and O–H groups in total. The third kappa shape index (κ3) is 2.82. The lowest BCUT2D eigenvalue weighted by molar-refractivity contribution is -0.144. The van der Waals surface area contributed by atoms with Gasteiger partial charge in [0.2, 0.25) is 5.91 Å². The maximum Gasteiger partial charge on any atom is 0.308 e. The van der Waals surface area contributed by atoms with Gasteiger partial charge in [0.25, 0.3) is 0 Å². The number of hydrogen-bond acceptors (Lipinski definition) is 3. The zero-order valence-corrected chi connectivity index (χ0v) is 12.5. The predicted molar refractivity (Wildman–Crippen MR) is 76.3 cm³/mol. The molecule has 0 spiro atoms. The van der Waals surface area contributed by atoms with Gasteiger partial charge >= 0.3 is 5.97 Å². The first-order chi connectivity index (χ1) is 9.50. The highest BCUT2D eigenvalue weighted by molar-refractivity contribution is 5.84. The average Bonchev–Trinajstić information content (AvgIpc) is 2.81. The van der Waals surface area contributed by atoms with Crippen molar-refractivity contribution >= 4 is 11.9 Å². The van der Waals surface area contributed by atoms with Crippen molar-refractivity contribution in [2.75, 3.05) is 26.2 Å². The number of nitrogens with one attached hydrogen (secondary N) is 1. The number of carboxylic acid groups (broad SMARTS) is 1. The summed E-state index contributed by atoms with van der Waals surface area (Å²) in [7, 11) is 0. The minimum Gasteiger partial charge on any atom is -0.481 e. The van der Waals surface area contributed by atoms with E-state index >= 15 is 0 Å². The van der Waals surface area contributed by atoms with Crippen LogP contribution in [0.1, 0.15) is 39.5 Å². The molecule has 1 amide bonds. The summed E-state index contributed by atoms with van der Waals surface area (Å²) < 4.78 is 0. The summed E-state index contributed by atoms with van der Waals surface area (Å²) in [6, 6.07) is 0. The van der Waals surface area contributed by atoms with Crippen LogP contribution >= 0.6 is 0 Å².